The summed E-state index contributed by atoms with van der Waals surface area (Å²) in [4.78, 5) is 15.9. The molecule has 0 unspecified atom stereocenters. The summed E-state index contributed by atoms with van der Waals surface area (Å²) in [6.45, 7) is 2.48. The number of rotatable bonds is 4. The Morgan fingerprint density at radius 1 is 1.04 bits per heavy atom. The number of aromatic amines is 1. The zero-order valence-corrected chi connectivity index (χ0v) is 15.2. The summed E-state index contributed by atoms with van der Waals surface area (Å²) in [5.74, 6) is 2.20. The maximum atomic E-state index is 4.80. The van der Waals surface area contributed by atoms with Crippen molar-refractivity contribution in [2.75, 3.05) is 18.4 Å². The van der Waals surface area contributed by atoms with Gasteiger partial charge in [-0.05, 0) is 43.5 Å². The van der Waals surface area contributed by atoms with Gasteiger partial charge in [0.2, 0.25) is 0 Å². The second-order valence-electron chi connectivity index (χ2n) is 6.50. The Hall–Kier alpha value is -3.22. The fraction of sp³-hybridized carbons (Fsp3) is 0.300. The molecule has 0 saturated carbocycles. The lowest BCUT2D eigenvalue weighted by Gasteiger charge is -2.30. The summed E-state index contributed by atoms with van der Waals surface area (Å²) >= 11 is 0. The molecule has 0 radical (unpaired) electrons. The number of anilines is 1. The summed E-state index contributed by atoms with van der Waals surface area (Å²) in [7, 11) is 0. The molecule has 7 nitrogen and oxygen atoms in total. The van der Waals surface area contributed by atoms with Crippen LogP contribution in [0.25, 0.3) is 11.5 Å². The van der Waals surface area contributed by atoms with Crippen LogP contribution in [-0.4, -0.2) is 44.1 Å². The molecule has 1 aromatic carbocycles. The molecule has 138 valence electrons. The SMILES string of the molecule is c1ccc(NC(=NCc2nc(-c3ccccn3)n[nH]2)N2CCCCC2)cc1. The van der Waals surface area contributed by atoms with Crippen LogP contribution in [0.2, 0.25) is 0 Å². The van der Waals surface area contributed by atoms with Crippen molar-refractivity contribution in [1.82, 2.24) is 25.1 Å². The van der Waals surface area contributed by atoms with Gasteiger partial charge in [-0.25, -0.2) is 9.98 Å². The van der Waals surface area contributed by atoms with Gasteiger partial charge in [0.1, 0.15) is 18.1 Å². The maximum absolute atomic E-state index is 4.80. The highest BCUT2D eigenvalue weighted by Gasteiger charge is 2.15. The van der Waals surface area contributed by atoms with Gasteiger partial charge in [-0.2, -0.15) is 5.10 Å². The Bertz CT molecular complexity index is 868. The molecular weight excluding hydrogens is 338 g/mol. The molecule has 1 fully saturated rings. The number of likely N-dealkylation sites (tertiary alicyclic amines) is 1. The van der Waals surface area contributed by atoms with E-state index in [0.717, 1.165) is 36.3 Å². The molecule has 1 aliphatic rings. The molecule has 2 N–H and O–H groups in total. The predicted molar refractivity (Wildman–Crippen MR) is 106 cm³/mol. The first-order chi connectivity index (χ1) is 13.4. The van der Waals surface area contributed by atoms with Crippen molar-refractivity contribution in [3.05, 3.63) is 60.6 Å². The molecule has 1 aliphatic heterocycles. The summed E-state index contributed by atoms with van der Waals surface area (Å²) in [6, 6.07) is 15.8. The Morgan fingerprint density at radius 2 is 1.85 bits per heavy atom. The van der Waals surface area contributed by atoms with Crippen molar-refractivity contribution in [2.24, 2.45) is 4.99 Å². The van der Waals surface area contributed by atoms with E-state index < -0.39 is 0 Å². The van der Waals surface area contributed by atoms with Crippen molar-refractivity contribution in [3.8, 4) is 11.5 Å². The number of nitrogens with zero attached hydrogens (tertiary/aromatic N) is 5. The number of para-hydroxylation sites is 1. The van der Waals surface area contributed by atoms with Crippen LogP contribution in [0.4, 0.5) is 5.69 Å². The fourth-order valence-electron chi connectivity index (χ4n) is 3.10. The van der Waals surface area contributed by atoms with E-state index in [1.165, 1.54) is 19.3 Å². The van der Waals surface area contributed by atoms with E-state index in [1.807, 2.05) is 48.5 Å². The van der Waals surface area contributed by atoms with E-state index in [0.29, 0.717) is 12.4 Å². The number of hydrogen-bond acceptors (Lipinski definition) is 4. The van der Waals surface area contributed by atoms with E-state index in [-0.39, 0.29) is 0 Å². The predicted octanol–water partition coefficient (Wildman–Crippen LogP) is 3.32. The Morgan fingerprint density at radius 3 is 2.63 bits per heavy atom. The van der Waals surface area contributed by atoms with Crippen LogP contribution >= 0.6 is 0 Å². The van der Waals surface area contributed by atoms with Gasteiger partial charge in [0.05, 0.1) is 0 Å². The van der Waals surface area contributed by atoms with Crippen LogP contribution in [0.15, 0.2) is 59.7 Å². The highest BCUT2D eigenvalue weighted by molar-refractivity contribution is 5.93. The number of aromatic nitrogens is 4. The largest absolute Gasteiger partial charge is 0.343 e. The lowest BCUT2D eigenvalue weighted by Crippen LogP contribution is -2.40. The van der Waals surface area contributed by atoms with Gasteiger partial charge in [0.25, 0.3) is 0 Å². The van der Waals surface area contributed by atoms with Crippen LogP contribution in [0.5, 0.6) is 0 Å². The quantitative estimate of drug-likeness (QED) is 0.550. The van der Waals surface area contributed by atoms with Gasteiger partial charge in [0.15, 0.2) is 11.8 Å². The van der Waals surface area contributed by atoms with Gasteiger partial charge < -0.3 is 10.2 Å². The van der Waals surface area contributed by atoms with Crippen LogP contribution in [0.1, 0.15) is 25.1 Å². The maximum Gasteiger partial charge on any atom is 0.199 e. The third kappa shape index (κ3) is 4.49. The first kappa shape index (κ1) is 17.2. The summed E-state index contributed by atoms with van der Waals surface area (Å²) in [6.07, 6.45) is 5.41. The second-order valence-corrected chi connectivity index (χ2v) is 6.50. The van der Waals surface area contributed by atoms with Crippen molar-refractivity contribution >= 4 is 11.6 Å². The number of H-pyrrole nitrogens is 1. The number of piperidine rings is 1. The van der Waals surface area contributed by atoms with E-state index in [4.69, 9.17) is 4.99 Å². The van der Waals surface area contributed by atoms with E-state index >= 15 is 0 Å². The molecule has 27 heavy (non-hydrogen) atoms. The Kier molecular flexibility index (Phi) is 5.38. The van der Waals surface area contributed by atoms with Gasteiger partial charge in [-0.1, -0.05) is 24.3 Å². The Labute approximate surface area is 158 Å². The molecule has 0 bridgehead atoms. The van der Waals surface area contributed by atoms with Crippen molar-refractivity contribution in [1.29, 1.82) is 0 Å². The van der Waals surface area contributed by atoms with E-state index in [2.05, 4.69) is 30.4 Å². The first-order valence-corrected chi connectivity index (χ1v) is 9.33. The molecule has 0 spiro atoms. The first-order valence-electron chi connectivity index (χ1n) is 9.33. The van der Waals surface area contributed by atoms with Gasteiger partial charge in [0, 0.05) is 25.0 Å². The summed E-state index contributed by atoms with van der Waals surface area (Å²) in [5, 5.41) is 10.7. The van der Waals surface area contributed by atoms with Crippen molar-refractivity contribution in [2.45, 2.75) is 25.8 Å². The highest BCUT2D eigenvalue weighted by atomic mass is 15.3. The molecule has 0 aliphatic carbocycles. The number of guanidine groups is 1. The van der Waals surface area contributed by atoms with E-state index in [1.54, 1.807) is 6.20 Å². The molecule has 0 atom stereocenters. The summed E-state index contributed by atoms with van der Waals surface area (Å²) < 4.78 is 0. The standard InChI is InChI=1S/C20H23N7/c1-3-9-16(10-4-1)23-20(27-13-7-2-8-14-27)22-15-18-24-19(26-25-18)17-11-5-6-12-21-17/h1,3-6,9-12H,2,7-8,13-15H2,(H,22,23)(H,24,25,26). The molecule has 2 aromatic heterocycles. The van der Waals surface area contributed by atoms with Gasteiger partial charge in [-0.15, -0.1) is 0 Å². The smallest absolute Gasteiger partial charge is 0.199 e. The van der Waals surface area contributed by atoms with Crippen LogP contribution in [-0.2, 0) is 6.54 Å². The fourth-order valence-corrected chi connectivity index (χ4v) is 3.10. The average molecular weight is 361 g/mol. The molecule has 7 heteroatoms. The minimum Gasteiger partial charge on any atom is -0.343 e. The minimum atomic E-state index is 0.436. The van der Waals surface area contributed by atoms with Crippen molar-refractivity contribution in [3.63, 3.8) is 0 Å². The van der Waals surface area contributed by atoms with Crippen LogP contribution < -0.4 is 5.32 Å². The Balaban J connectivity index is 1.51. The van der Waals surface area contributed by atoms with Gasteiger partial charge in [-0.3, -0.25) is 10.1 Å². The minimum absolute atomic E-state index is 0.436. The number of benzene rings is 1. The number of aliphatic imine (C=N–C) groups is 1. The molecule has 3 aromatic rings. The molecule has 0 amide bonds. The zero-order chi connectivity index (χ0) is 18.3. The average Bonchev–Trinajstić information content (AvgIpc) is 3.22. The molecule has 4 rings (SSSR count). The number of pyridine rings is 1. The summed E-state index contributed by atoms with van der Waals surface area (Å²) in [5.41, 5.74) is 1.79. The zero-order valence-electron chi connectivity index (χ0n) is 15.2. The van der Waals surface area contributed by atoms with Crippen LogP contribution in [0, 0.1) is 0 Å². The highest BCUT2D eigenvalue weighted by Crippen LogP contribution is 2.14. The number of hydrogen-bond donors (Lipinski definition) is 2. The topological polar surface area (TPSA) is 82.1 Å². The normalized spacial score (nSPS) is 15.0. The van der Waals surface area contributed by atoms with Gasteiger partial charge >= 0.3 is 0 Å². The van der Waals surface area contributed by atoms with E-state index in [9.17, 15) is 0 Å². The van der Waals surface area contributed by atoms with Crippen molar-refractivity contribution < 1.29 is 0 Å². The monoisotopic (exact) mass is 361 g/mol. The van der Waals surface area contributed by atoms with Crippen LogP contribution in [0.3, 0.4) is 0 Å². The lowest BCUT2D eigenvalue weighted by molar-refractivity contribution is 0.340. The second kappa shape index (κ2) is 8.44. The molecule has 3 heterocycles. The lowest BCUT2D eigenvalue weighted by atomic mass is 10.1. The third-order valence-corrected chi connectivity index (χ3v) is 4.49. The molecular formula is C20H23N7. The third-order valence-electron chi connectivity index (χ3n) is 4.49. The number of nitrogens with one attached hydrogen (secondary N) is 2. The molecule has 1 saturated heterocycles.